The van der Waals surface area contributed by atoms with E-state index in [-0.39, 0.29) is 17.1 Å². The van der Waals surface area contributed by atoms with Crippen molar-refractivity contribution >= 4 is 40.6 Å². The summed E-state index contributed by atoms with van der Waals surface area (Å²) in [5.74, 6) is 1.58. The van der Waals surface area contributed by atoms with Gasteiger partial charge in [-0.05, 0) is 5.92 Å². The number of nitrogen functional groups attached to an aromatic ring is 1. The number of nitrogens with one attached hydrogen (secondary N) is 1. The van der Waals surface area contributed by atoms with Crippen molar-refractivity contribution in [1.82, 2.24) is 19.5 Å². The number of anilines is 1. The van der Waals surface area contributed by atoms with E-state index in [4.69, 9.17) is 26.7 Å². The van der Waals surface area contributed by atoms with E-state index in [2.05, 4.69) is 28.1 Å². The van der Waals surface area contributed by atoms with Crippen LogP contribution in [0.2, 0.25) is 0 Å². The number of hydrogen-bond donors (Lipinski definition) is 7. The molecule has 0 amide bonds. The van der Waals surface area contributed by atoms with Crippen molar-refractivity contribution in [3.05, 3.63) is 16.7 Å². The fourth-order valence-corrected chi connectivity index (χ4v) is 6.68. The molecule has 1 aliphatic heterocycles. The number of halogens is 1. The summed E-state index contributed by atoms with van der Waals surface area (Å²) in [6.07, 6.45) is -0.101. The number of aromatic nitrogens is 4. The number of imidazole rings is 1. The maximum absolute atomic E-state index is 15.5. The summed E-state index contributed by atoms with van der Waals surface area (Å²) in [5.41, 5.74) is -1.16. The van der Waals surface area contributed by atoms with Crippen LogP contribution in [0.15, 0.2) is 11.1 Å². The van der Waals surface area contributed by atoms with Gasteiger partial charge in [0.2, 0.25) is 11.7 Å². The minimum absolute atomic E-state index is 0.308. The van der Waals surface area contributed by atoms with Crippen LogP contribution in [0.25, 0.3) is 11.2 Å². The SMILES string of the molecule is C#C[C@@]1(n2cnc3c(=O)[nH]c(N)nc32)O[C@@H]2C(OP(=O)(O)OP(=O)(O)OP(=O)(O)O)[C@]2(O)[C@H]1F. The lowest BCUT2D eigenvalue weighted by molar-refractivity contribution is -0.108. The van der Waals surface area contributed by atoms with Crippen LogP contribution < -0.4 is 11.3 Å². The second kappa shape index (κ2) is 7.48. The standard InChI is InChI=1S/C12H13FN5O13P3/c1-2-11(18-3-15-4-7(18)16-10(14)17-8(4)19)9(13)12(20)5(28-11)6(12)29-33(24,25)31-34(26,27)30-32(21,22)23/h1,3,5-6,9,20H,(H,24,25)(H,26,27)(H2,21,22,23)(H3,14,16,17,19)/t5-,6?,9+,11-,12+/m1/s1. The summed E-state index contributed by atoms with van der Waals surface area (Å²) in [5, 5.41) is 10.6. The molecular formula is C12H13FN5O13P3. The number of aromatic amines is 1. The Kier molecular flexibility index (Phi) is 5.52. The van der Waals surface area contributed by atoms with Crippen LogP contribution >= 0.6 is 23.5 Å². The molecule has 3 unspecified atom stereocenters. The van der Waals surface area contributed by atoms with E-state index in [9.17, 15) is 33.4 Å². The van der Waals surface area contributed by atoms with Crippen LogP contribution in [0.5, 0.6) is 0 Å². The number of nitrogens with zero attached hydrogens (tertiary/aromatic N) is 3. The Morgan fingerprint density at radius 2 is 1.91 bits per heavy atom. The predicted octanol–water partition coefficient (Wildman–Crippen LogP) is -1.82. The first-order valence-corrected chi connectivity index (χ1v) is 13.1. The molecule has 186 valence electrons. The second-order valence-corrected chi connectivity index (χ2v) is 11.4. The number of alkyl halides is 1. The first kappa shape index (κ1) is 25.1. The quantitative estimate of drug-likeness (QED) is 0.148. The van der Waals surface area contributed by atoms with E-state index in [1.165, 1.54) is 0 Å². The highest BCUT2D eigenvalue weighted by molar-refractivity contribution is 7.66. The van der Waals surface area contributed by atoms with Crippen LogP contribution in [-0.2, 0) is 37.3 Å². The van der Waals surface area contributed by atoms with Crippen LogP contribution in [0.3, 0.4) is 0 Å². The maximum atomic E-state index is 15.5. The number of fused-ring (bicyclic) bond motifs is 2. The zero-order chi connectivity index (χ0) is 25.5. The molecule has 34 heavy (non-hydrogen) atoms. The molecule has 1 saturated heterocycles. The number of rotatable bonds is 7. The Morgan fingerprint density at radius 1 is 1.26 bits per heavy atom. The predicted molar refractivity (Wildman–Crippen MR) is 103 cm³/mol. The molecule has 7 atom stereocenters. The molecule has 0 aromatic carbocycles. The van der Waals surface area contributed by atoms with E-state index in [1.54, 1.807) is 0 Å². The molecule has 4 rings (SSSR count). The highest BCUT2D eigenvalue weighted by Gasteiger charge is 2.84. The van der Waals surface area contributed by atoms with Crippen LogP contribution in [-0.4, -0.2) is 68.2 Å². The van der Waals surface area contributed by atoms with Gasteiger partial charge < -0.3 is 35.2 Å². The highest BCUT2D eigenvalue weighted by Crippen LogP contribution is 2.70. The molecule has 18 nitrogen and oxygen atoms in total. The van der Waals surface area contributed by atoms with Gasteiger partial charge in [0.25, 0.3) is 5.56 Å². The Balaban J connectivity index is 1.60. The molecule has 2 aromatic rings. The third kappa shape index (κ3) is 3.93. The molecule has 2 fully saturated rings. The van der Waals surface area contributed by atoms with Crippen LogP contribution in [0, 0.1) is 12.3 Å². The number of phosphoric acid groups is 3. The summed E-state index contributed by atoms with van der Waals surface area (Å²) < 4.78 is 67.3. The number of aliphatic hydroxyl groups is 1. The Hall–Kier alpha value is -2.03. The minimum Gasteiger partial charge on any atom is -0.381 e. The first-order chi connectivity index (χ1) is 15.5. The van der Waals surface area contributed by atoms with Crippen molar-refractivity contribution in [1.29, 1.82) is 0 Å². The topological polar surface area (TPSA) is 279 Å². The van der Waals surface area contributed by atoms with Gasteiger partial charge in [-0.15, -0.1) is 6.42 Å². The lowest BCUT2D eigenvalue weighted by atomic mass is 10.0. The lowest BCUT2D eigenvalue weighted by Gasteiger charge is -2.31. The smallest absolute Gasteiger partial charge is 0.381 e. The number of H-pyrrole nitrogens is 1. The Bertz CT molecular complexity index is 1430. The molecule has 22 heteroatoms. The number of ether oxygens (including phenoxy) is 1. The molecule has 0 radical (unpaired) electrons. The molecule has 0 spiro atoms. The third-order valence-corrected chi connectivity index (χ3v) is 8.61. The van der Waals surface area contributed by atoms with Crippen LogP contribution in [0.4, 0.5) is 10.3 Å². The van der Waals surface area contributed by atoms with Crippen molar-refractivity contribution in [2.75, 3.05) is 5.73 Å². The monoisotopic (exact) mass is 547 g/mol. The van der Waals surface area contributed by atoms with Crippen molar-refractivity contribution in [3.8, 4) is 12.3 Å². The van der Waals surface area contributed by atoms with Gasteiger partial charge in [-0.25, -0.2) is 23.1 Å². The second-order valence-electron chi connectivity index (χ2n) is 6.98. The summed E-state index contributed by atoms with van der Waals surface area (Å²) >= 11 is 0. The Labute approximate surface area is 185 Å². The molecule has 1 saturated carbocycles. The zero-order valence-corrected chi connectivity index (χ0v) is 18.7. The molecule has 8 N–H and O–H groups in total. The van der Waals surface area contributed by atoms with E-state index >= 15 is 4.39 Å². The van der Waals surface area contributed by atoms with Gasteiger partial charge in [-0.1, -0.05) is 0 Å². The molecule has 2 aromatic heterocycles. The molecule has 0 bridgehead atoms. The van der Waals surface area contributed by atoms with Gasteiger partial charge in [0.1, 0.15) is 18.5 Å². The maximum Gasteiger partial charge on any atom is 0.490 e. The minimum atomic E-state index is -5.85. The summed E-state index contributed by atoms with van der Waals surface area (Å²) in [4.78, 5) is 57.5. The van der Waals surface area contributed by atoms with Crippen molar-refractivity contribution < 1.29 is 60.6 Å². The van der Waals surface area contributed by atoms with E-state index < -0.39 is 58.7 Å². The number of nitrogens with two attached hydrogens (primary N) is 1. The zero-order valence-electron chi connectivity index (χ0n) is 16.0. The molecule has 2 aliphatic rings. The average Bonchev–Trinajstić information content (AvgIpc) is 2.96. The first-order valence-electron chi connectivity index (χ1n) is 8.53. The van der Waals surface area contributed by atoms with Gasteiger partial charge >= 0.3 is 23.5 Å². The van der Waals surface area contributed by atoms with Crippen molar-refractivity contribution in [2.24, 2.45) is 0 Å². The van der Waals surface area contributed by atoms with Gasteiger partial charge in [0, 0.05) is 0 Å². The third-order valence-electron chi connectivity index (χ3n) is 4.79. The number of hydrogen-bond acceptors (Lipinski definition) is 12. The fourth-order valence-electron chi connectivity index (χ4n) is 3.45. The van der Waals surface area contributed by atoms with E-state index in [0.29, 0.717) is 0 Å². The lowest BCUT2D eigenvalue weighted by Crippen LogP contribution is -2.48. The number of terminal acetylenes is 1. The molecular weight excluding hydrogens is 534 g/mol. The summed E-state index contributed by atoms with van der Waals surface area (Å²) in [7, 11) is -17.2. The molecule has 3 heterocycles. The van der Waals surface area contributed by atoms with Gasteiger partial charge in [-0.2, -0.15) is 13.6 Å². The van der Waals surface area contributed by atoms with Gasteiger partial charge in [0.05, 0.1) is 0 Å². The largest absolute Gasteiger partial charge is 0.490 e. The average molecular weight is 547 g/mol. The van der Waals surface area contributed by atoms with Crippen molar-refractivity contribution in [3.63, 3.8) is 0 Å². The van der Waals surface area contributed by atoms with Crippen molar-refractivity contribution in [2.45, 2.75) is 29.7 Å². The summed E-state index contributed by atoms with van der Waals surface area (Å²) in [6.45, 7) is 0. The Morgan fingerprint density at radius 3 is 2.44 bits per heavy atom. The van der Waals surface area contributed by atoms with Gasteiger partial charge in [0.15, 0.2) is 22.9 Å². The molecule has 1 aliphatic carbocycles. The highest BCUT2D eigenvalue weighted by atomic mass is 31.3. The van der Waals surface area contributed by atoms with E-state index in [1.807, 2.05) is 5.92 Å². The fraction of sp³-hybridized carbons (Fsp3) is 0.417. The number of phosphoric ester groups is 1. The normalized spacial score (nSPS) is 34.2. The van der Waals surface area contributed by atoms with E-state index in [0.717, 1.165) is 10.9 Å². The summed E-state index contributed by atoms with van der Waals surface area (Å²) in [6, 6.07) is 0. The van der Waals surface area contributed by atoms with Gasteiger partial charge in [-0.3, -0.25) is 18.9 Å². The van der Waals surface area contributed by atoms with Crippen LogP contribution in [0.1, 0.15) is 0 Å².